The molecule has 1 aromatic rings. The molecule has 2 amide bonds. The van der Waals surface area contributed by atoms with Crippen molar-refractivity contribution in [2.24, 2.45) is 22.7 Å². The van der Waals surface area contributed by atoms with Crippen molar-refractivity contribution in [3.05, 3.63) is 11.8 Å². The summed E-state index contributed by atoms with van der Waals surface area (Å²) in [6.07, 6.45) is 12.1. The normalized spacial score (nSPS) is 26.6. The van der Waals surface area contributed by atoms with Gasteiger partial charge in [-0.05, 0) is 69.1 Å². The Morgan fingerprint density at radius 1 is 1.28 bits per heavy atom. The Balaban J connectivity index is 1.52. The van der Waals surface area contributed by atoms with E-state index in [1.165, 1.54) is 38.5 Å². The molecule has 3 aliphatic rings. The Kier molecular flexibility index (Phi) is 5.69. The predicted octanol–water partition coefficient (Wildman–Crippen LogP) is 4.35. The summed E-state index contributed by atoms with van der Waals surface area (Å²) in [7, 11) is 0. The lowest BCUT2D eigenvalue weighted by Crippen LogP contribution is -2.37. The number of carbonyl (C=O) groups excluding carboxylic acids is 2. The smallest absolute Gasteiger partial charge is 0.243 e. The molecule has 0 aromatic carbocycles. The van der Waals surface area contributed by atoms with E-state index in [-0.39, 0.29) is 24.2 Å². The van der Waals surface area contributed by atoms with Gasteiger partial charge in [-0.1, -0.05) is 30.8 Å². The fraction of sp³-hybridized carbons (Fsp3) is 0.773. The summed E-state index contributed by atoms with van der Waals surface area (Å²) in [5, 5.41) is 16.0. The summed E-state index contributed by atoms with van der Waals surface area (Å²) >= 11 is 0. The molecule has 160 valence electrons. The Labute approximate surface area is 171 Å². The van der Waals surface area contributed by atoms with Crippen molar-refractivity contribution in [1.82, 2.24) is 10.6 Å². The van der Waals surface area contributed by atoms with Crippen LogP contribution >= 0.6 is 0 Å². The molecule has 2 atom stereocenters. The molecule has 0 bridgehead atoms. The van der Waals surface area contributed by atoms with Crippen LogP contribution in [0.15, 0.2) is 10.6 Å². The van der Waals surface area contributed by atoms with Crippen molar-refractivity contribution < 1.29 is 19.3 Å². The number of anilines is 1. The highest BCUT2D eigenvalue weighted by Gasteiger charge is 2.58. The van der Waals surface area contributed by atoms with Gasteiger partial charge >= 0.3 is 0 Å². The van der Waals surface area contributed by atoms with Crippen LogP contribution in [-0.4, -0.2) is 22.2 Å². The van der Waals surface area contributed by atoms with Gasteiger partial charge in [0.2, 0.25) is 11.8 Å². The first-order chi connectivity index (χ1) is 13.9. The lowest BCUT2D eigenvalue weighted by Gasteiger charge is -2.33. The maximum Gasteiger partial charge on any atom is 0.243 e. The summed E-state index contributed by atoms with van der Waals surface area (Å²) in [5.41, 5.74) is 1.65. The lowest BCUT2D eigenvalue weighted by molar-refractivity contribution is -0.132. The van der Waals surface area contributed by atoms with Gasteiger partial charge in [-0.25, -0.2) is 5.48 Å². The van der Waals surface area contributed by atoms with E-state index in [9.17, 15) is 9.59 Å². The minimum Gasteiger partial charge on any atom is -0.360 e. The lowest BCUT2D eigenvalue weighted by atomic mass is 9.72. The second kappa shape index (κ2) is 8.09. The van der Waals surface area contributed by atoms with Gasteiger partial charge in [0.25, 0.3) is 0 Å². The van der Waals surface area contributed by atoms with E-state index in [0.717, 1.165) is 25.7 Å². The van der Waals surface area contributed by atoms with Gasteiger partial charge in [-0.15, -0.1) is 0 Å². The Morgan fingerprint density at radius 3 is 2.59 bits per heavy atom. The number of hydrogen-bond donors (Lipinski definition) is 3. The zero-order valence-electron chi connectivity index (χ0n) is 17.3. The van der Waals surface area contributed by atoms with Gasteiger partial charge < -0.3 is 9.84 Å². The molecule has 29 heavy (non-hydrogen) atoms. The molecule has 1 spiro atoms. The fourth-order valence-electron chi connectivity index (χ4n) is 5.95. The summed E-state index contributed by atoms with van der Waals surface area (Å²) in [6.45, 7) is 1.80. The number of hydroxylamine groups is 1. The van der Waals surface area contributed by atoms with Crippen molar-refractivity contribution in [3.63, 3.8) is 0 Å². The second-order valence-corrected chi connectivity index (χ2v) is 9.93. The molecule has 1 heterocycles. The molecule has 7 heteroatoms. The molecule has 3 aliphatic carbocycles. The Hall–Kier alpha value is -1.89. The summed E-state index contributed by atoms with van der Waals surface area (Å²) in [6, 6.07) is 1.74. The number of amides is 2. The molecule has 7 nitrogen and oxygen atoms in total. The minimum atomic E-state index is -0.470. The number of rotatable bonds is 8. The highest BCUT2D eigenvalue weighted by molar-refractivity contribution is 5.95. The third-order valence-electron chi connectivity index (χ3n) is 7.58. The standard InChI is InChI=1S/C22H33N3O4/c1-15-10-18(25-29-15)23-20(27)22(9-8-21(14-22)6-7-21)13-17(12-19(26)24-28)11-16-4-2-3-5-16/h10,16-17,28H,2-9,11-14H2,1H3,(H,24,26)(H,23,25,27). The van der Waals surface area contributed by atoms with Gasteiger partial charge in [0.05, 0.1) is 5.41 Å². The maximum atomic E-state index is 13.4. The molecule has 0 radical (unpaired) electrons. The second-order valence-electron chi connectivity index (χ2n) is 9.93. The van der Waals surface area contributed by atoms with E-state index >= 15 is 0 Å². The first-order valence-electron chi connectivity index (χ1n) is 11.1. The predicted molar refractivity (Wildman–Crippen MR) is 107 cm³/mol. The van der Waals surface area contributed by atoms with Crippen molar-refractivity contribution in [2.45, 2.75) is 84.0 Å². The molecule has 4 rings (SSSR count). The minimum absolute atomic E-state index is 0.00963. The van der Waals surface area contributed by atoms with E-state index in [1.54, 1.807) is 18.5 Å². The Morgan fingerprint density at radius 2 is 2.00 bits per heavy atom. The molecule has 0 aliphatic heterocycles. The highest BCUT2D eigenvalue weighted by atomic mass is 16.5. The number of aromatic nitrogens is 1. The van der Waals surface area contributed by atoms with E-state index in [0.29, 0.717) is 29.3 Å². The highest BCUT2D eigenvalue weighted by Crippen LogP contribution is 2.65. The average Bonchev–Trinajstić information content (AvgIpc) is 3.04. The quantitative estimate of drug-likeness (QED) is 0.442. The van der Waals surface area contributed by atoms with Crippen LogP contribution in [-0.2, 0) is 9.59 Å². The number of nitrogens with one attached hydrogen (secondary N) is 2. The van der Waals surface area contributed by atoms with Crippen LogP contribution in [0.2, 0.25) is 0 Å². The molecule has 3 saturated carbocycles. The Bertz CT molecular complexity index is 751. The van der Waals surface area contributed by atoms with Crippen LogP contribution in [0.5, 0.6) is 0 Å². The van der Waals surface area contributed by atoms with Crippen LogP contribution in [0.25, 0.3) is 0 Å². The fourth-order valence-corrected chi connectivity index (χ4v) is 5.95. The number of aryl methyl sites for hydroxylation is 1. The summed E-state index contributed by atoms with van der Waals surface area (Å²) in [4.78, 5) is 25.4. The number of nitrogens with zero attached hydrogens (tertiary/aromatic N) is 1. The van der Waals surface area contributed by atoms with Crippen molar-refractivity contribution in [2.75, 3.05) is 5.32 Å². The van der Waals surface area contributed by atoms with E-state index < -0.39 is 5.41 Å². The van der Waals surface area contributed by atoms with Crippen LogP contribution in [0.1, 0.15) is 82.8 Å². The van der Waals surface area contributed by atoms with E-state index in [4.69, 9.17) is 9.73 Å². The molecule has 3 fully saturated rings. The third-order valence-corrected chi connectivity index (χ3v) is 7.58. The largest absolute Gasteiger partial charge is 0.360 e. The van der Waals surface area contributed by atoms with E-state index in [1.807, 2.05) is 0 Å². The van der Waals surface area contributed by atoms with Gasteiger partial charge in [0.1, 0.15) is 5.76 Å². The number of carbonyl (C=O) groups is 2. The molecular formula is C22H33N3O4. The van der Waals surface area contributed by atoms with Crippen LogP contribution < -0.4 is 10.8 Å². The zero-order valence-corrected chi connectivity index (χ0v) is 17.3. The third kappa shape index (κ3) is 4.65. The molecule has 0 saturated heterocycles. The van der Waals surface area contributed by atoms with Crippen molar-refractivity contribution in [3.8, 4) is 0 Å². The molecule has 2 unspecified atom stereocenters. The van der Waals surface area contributed by atoms with E-state index in [2.05, 4.69) is 10.5 Å². The average molecular weight is 404 g/mol. The van der Waals surface area contributed by atoms with Gasteiger partial charge in [0, 0.05) is 12.5 Å². The van der Waals surface area contributed by atoms with Crippen molar-refractivity contribution >= 4 is 17.6 Å². The van der Waals surface area contributed by atoms with Gasteiger partial charge in [0.15, 0.2) is 5.82 Å². The van der Waals surface area contributed by atoms with Crippen LogP contribution in [0.4, 0.5) is 5.82 Å². The maximum absolute atomic E-state index is 13.4. The molecule has 1 aromatic heterocycles. The molecule has 3 N–H and O–H groups in total. The first-order valence-corrected chi connectivity index (χ1v) is 11.1. The summed E-state index contributed by atoms with van der Waals surface area (Å²) < 4.78 is 5.11. The monoisotopic (exact) mass is 403 g/mol. The van der Waals surface area contributed by atoms with Crippen LogP contribution in [0.3, 0.4) is 0 Å². The summed E-state index contributed by atoms with van der Waals surface area (Å²) in [5.74, 6) is 1.51. The topological polar surface area (TPSA) is 104 Å². The van der Waals surface area contributed by atoms with Gasteiger partial charge in [-0.3, -0.25) is 14.8 Å². The SMILES string of the molecule is Cc1cc(NC(=O)C2(CC(CC(=O)NO)CC3CCCC3)CCC3(CC3)C2)no1. The first kappa shape index (κ1) is 20.4. The van der Waals surface area contributed by atoms with Crippen LogP contribution in [0, 0.1) is 29.6 Å². The van der Waals surface area contributed by atoms with Gasteiger partial charge in [-0.2, -0.15) is 0 Å². The zero-order chi connectivity index (χ0) is 20.5. The number of hydrogen-bond acceptors (Lipinski definition) is 5. The molecular weight excluding hydrogens is 370 g/mol. The van der Waals surface area contributed by atoms with Crippen molar-refractivity contribution in [1.29, 1.82) is 0 Å².